The van der Waals surface area contributed by atoms with Crippen LogP contribution in [0.1, 0.15) is 30.5 Å². The highest BCUT2D eigenvalue weighted by Gasteiger charge is 2.29. The normalized spacial score (nSPS) is 17.7. The van der Waals surface area contributed by atoms with Crippen molar-refractivity contribution in [3.63, 3.8) is 0 Å². The van der Waals surface area contributed by atoms with Crippen LogP contribution in [0.2, 0.25) is 0 Å². The van der Waals surface area contributed by atoms with Crippen molar-refractivity contribution in [3.05, 3.63) is 34.8 Å². The van der Waals surface area contributed by atoms with Gasteiger partial charge < -0.3 is 4.90 Å². The number of sulfonamides is 1. The van der Waals surface area contributed by atoms with Gasteiger partial charge in [-0.05, 0) is 56.4 Å². The summed E-state index contributed by atoms with van der Waals surface area (Å²) in [5.74, 6) is 0.370. The molecule has 150 valence electrons. The average Bonchev–Trinajstić information content (AvgIpc) is 3.37. The molecular weight excluding hydrogens is 414 g/mol. The van der Waals surface area contributed by atoms with Crippen LogP contribution in [0.15, 0.2) is 32.8 Å². The number of nitrogens with zero attached hydrogens (tertiary/aromatic N) is 3. The van der Waals surface area contributed by atoms with Crippen molar-refractivity contribution in [3.8, 4) is 0 Å². The van der Waals surface area contributed by atoms with Crippen LogP contribution < -0.4 is 4.90 Å². The van der Waals surface area contributed by atoms with Gasteiger partial charge in [0.15, 0.2) is 4.34 Å². The van der Waals surface area contributed by atoms with Gasteiger partial charge in [0, 0.05) is 36.4 Å². The molecule has 0 radical (unpaired) electrons. The van der Waals surface area contributed by atoms with Crippen LogP contribution >= 0.6 is 23.1 Å². The fraction of sp³-hybridized carbons (Fsp3) is 0.474. The summed E-state index contributed by atoms with van der Waals surface area (Å²) >= 11 is 3.01. The molecule has 0 unspecified atom stereocenters. The van der Waals surface area contributed by atoms with Crippen LogP contribution in [0, 0.1) is 6.92 Å². The number of aryl methyl sites for hydroxylation is 2. The second-order valence-corrected chi connectivity index (χ2v) is 11.1. The van der Waals surface area contributed by atoms with Gasteiger partial charge in [0.25, 0.3) is 0 Å². The highest BCUT2D eigenvalue weighted by Crippen LogP contribution is 2.32. The van der Waals surface area contributed by atoms with Crippen molar-refractivity contribution >= 4 is 44.7 Å². The Labute approximate surface area is 174 Å². The molecule has 1 aromatic carbocycles. The van der Waals surface area contributed by atoms with E-state index in [2.05, 4.69) is 4.98 Å². The molecule has 0 spiro atoms. The predicted octanol–water partition coefficient (Wildman–Crippen LogP) is 3.31. The maximum atomic E-state index is 12.8. The number of thiazole rings is 1. The molecule has 1 aromatic heterocycles. The molecule has 4 rings (SSSR count). The fourth-order valence-corrected chi connectivity index (χ4v) is 6.96. The molecule has 6 nitrogen and oxygen atoms in total. The maximum absolute atomic E-state index is 12.8. The lowest BCUT2D eigenvalue weighted by Gasteiger charge is -2.30. The summed E-state index contributed by atoms with van der Waals surface area (Å²) in [7, 11) is -3.43. The first kappa shape index (κ1) is 19.9. The van der Waals surface area contributed by atoms with E-state index in [0.29, 0.717) is 30.3 Å². The largest absolute Gasteiger partial charge is 0.311 e. The monoisotopic (exact) mass is 437 g/mol. The molecular formula is C19H23N3O3S3. The number of benzene rings is 1. The average molecular weight is 438 g/mol. The molecule has 2 aromatic rings. The Kier molecular flexibility index (Phi) is 5.78. The number of carbonyl (C=O) groups excluding carboxylic acids is 1. The van der Waals surface area contributed by atoms with Crippen LogP contribution in [-0.4, -0.2) is 49.0 Å². The van der Waals surface area contributed by atoms with Gasteiger partial charge in [-0.15, -0.1) is 11.3 Å². The molecule has 3 heterocycles. The number of hydrogen-bond acceptors (Lipinski definition) is 6. The molecule has 0 bridgehead atoms. The summed E-state index contributed by atoms with van der Waals surface area (Å²) in [5, 5.41) is 1.98. The summed E-state index contributed by atoms with van der Waals surface area (Å²) in [6.45, 7) is 3.80. The minimum Gasteiger partial charge on any atom is -0.311 e. The highest BCUT2D eigenvalue weighted by molar-refractivity contribution is 8.01. The predicted molar refractivity (Wildman–Crippen MR) is 113 cm³/mol. The number of aromatic nitrogens is 1. The molecule has 28 heavy (non-hydrogen) atoms. The molecule has 1 saturated heterocycles. The van der Waals surface area contributed by atoms with Gasteiger partial charge >= 0.3 is 0 Å². The summed E-state index contributed by atoms with van der Waals surface area (Å²) in [6.07, 6.45) is 3.47. The van der Waals surface area contributed by atoms with Crippen molar-refractivity contribution in [2.75, 3.05) is 30.3 Å². The lowest BCUT2D eigenvalue weighted by molar-refractivity contribution is -0.116. The standard InChI is InChI=1S/C19H23N3O3S3/c1-14-12-26-19(20-14)27-13-18(23)22-10-4-5-15-11-16(6-7-17(15)22)28(24,25)21-8-2-3-9-21/h6-7,11-12H,2-5,8-10,13H2,1H3. The van der Waals surface area contributed by atoms with Gasteiger partial charge in [0.2, 0.25) is 15.9 Å². The highest BCUT2D eigenvalue weighted by atomic mass is 32.2. The van der Waals surface area contributed by atoms with Crippen molar-refractivity contribution in [2.45, 2.75) is 41.8 Å². The number of anilines is 1. The number of carbonyl (C=O) groups is 1. The zero-order valence-corrected chi connectivity index (χ0v) is 18.2. The molecule has 9 heteroatoms. The van der Waals surface area contributed by atoms with Gasteiger partial charge in [-0.3, -0.25) is 4.79 Å². The number of rotatable bonds is 5. The second-order valence-electron chi connectivity index (χ2n) is 7.09. The Bertz CT molecular complexity index is 981. The number of hydrogen-bond donors (Lipinski definition) is 0. The maximum Gasteiger partial charge on any atom is 0.243 e. The molecule has 2 aliphatic heterocycles. The van der Waals surface area contributed by atoms with Crippen LogP contribution in [0.25, 0.3) is 0 Å². The SMILES string of the molecule is Cc1csc(SCC(=O)N2CCCc3cc(S(=O)(=O)N4CCCC4)ccc32)n1. The summed E-state index contributed by atoms with van der Waals surface area (Å²) in [6, 6.07) is 5.21. The van der Waals surface area contributed by atoms with Crippen LogP contribution in [0.5, 0.6) is 0 Å². The number of fused-ring (bicyclic) bond motifs is 1. The van der Waals surface area contributed by atoms with Crippen LogP contribution in [0.3, 0.4) is 0 Å². The Morgan fingerprint density at radius 1 is 1.21 bits per heavy atom. The van der Waals surface area contributed by atoms with E-state index in [1.807, 2.05) is 12.3 Å². The lowest BCUT2D eigenvalue weighted by Crippen LogP contribution is -2.37. The fourth-order valence-electron chi connectivity index (χ4n) is 3.67. The minimum atomic E-state index is -3.43. The minimum absolute atomic E-state index is 0.0361. The van der Waals surface area contributed by atoms with Crippen molar-refractivity contribution < 1.29 is 13.2 Å². The molecule has 1 fully saturated rings. The Balaban J connectivity index is 1.52. The Morgan fingerprint density at radius 3 is 2.71 bits per heavy atom. The van der Waals surface area contributed by atoms with E-state index in [1.54, 1.807) is 38.7 Å². The van der Waals surface area contributed by atoms with Crippen molar-refractivity contribution in [1.29, 1.82) is 0 Å². The van der Waals surface area contributed by atoms with Gasteiger partial charge in [-0.1, -0.05) is 11.8 Å². The van der Waals surface area contributed by atoms with Crippen molar-refractivity contribution in [1.82, 2.24) is 9.29 Å². The number of amides is 1. The molecule has 0 N–H and O–H groups in total. The van der Waals surface area contributed by atoms with E-state index < -0.39 is 10.0 Å². The van der Waals surface area contributed by atoms with E-state index in [0.717, 1.165) is 47.0 Å². The smallest absolute Gasteiger partial charge is 0.243 e. The van der Waals surface area contributed by atoms with Gasteiger partial charge in [0.05, 0.1) is 10.6 Å². The Morgan fingerprint density at radius 2 is 2.00 bits per heavy atom. The van der Waals surface area contributed by atoms with Crippen molar-refractivity contribution in [2.24, 2.45) is 0 Å². The van der Waals surface area contributed by atoms with Crippen LogP contribution in [0.4, 0.5) is 5.69 Å². The van der Waals surface area contributed by atoms with E-state index in [9.17, 15) is 13.2 Å². The molecule has 1 amide bonds. The van der Waals surface area contributed by atoms with E-state index >= 15 is 0 Å². The van der Waals surface area contributed by atoms with Gasteiger partial charge in [0.1, 0.15) is 0 Å². The second kappa shape index (κ2) is 8.14. The zero-order valence-electron chi connectivity index (χ0n) is 15.8. The topological polar surface area (TPSA) is 70.6 Å². The zero-order chi connectivity index (χ0) is 19.7. The lowest BCUT2D eigenvalue weighted by atomic mass is 10.0. The quantitative estimate of drug-likeness (QED) is 0.671. The van der Waals surface area contributed by atoms with E-state index in [1.165, 1.54) is 11.8 Å². The molecule has 2 aliphatic rings. The summed E-state index contributed by atoms with van der Waals surface area (Å²) in [5.41, 5.74) is 2.75. The molecule has 0 atom stereocenters. The van der Waals surface area contributed by atoms with E-state index in [4.69, 9.17) is 0 Å². The van der Waals surface area contributed by atoms with E-state index in [-0.39, 0.29) is 5.91 Å². The molecule has 0 saturated carbocycles. The third-order valence-electron chi connectivity index (χ3n) is 5.09. The first-order chi connectivity index (χ1) is 13.4. The summed E-state index contributed by atoms with van der Waals surface area (Å²) in [4.78, 5) is 19.3. The molecule has 0 aliphatic carbocycles. The Hall–Kier alpha value is -1.42. The first-order valence-corrected chi connectivity index (χ1v) is 12.7. The van der Waals surface area contributed by atoms with Crippen LogP contribution in [-0.2, 0) is 21.2 Å². The van der Waals surface area contributed by atoms with Gasteiger partial charge in [-0.25, -0.2) is 13.4 Å². The third kappa shape index (κ3) is 3.98. The number of thioether (sulfide) groups is 1. The van der Waals surface area contributed by atoms with Gasteiger partial charge in [-0.2, -0.15) is 4.31 Å². The summed E-state index contributed by atoms with van der Waals surface area (Å²) < 4.78 is 28.1. The third-order valence-corrected chi connectivity index (χ3v) is 9.11. The first-order valence-electron chi connectivity index (χ1n) is 9.43.